The van der Waals surface area contributed by atoms with E-state index in [4.69, 9.17) is 0 Å². The van der Waals surface area contributed by atoms with Gasteiger partial charge in [-0.05, 0) is 39.8 Å². The second-order valence-corrected chi connectivity index (χ2v) is 9.61. The van der Waals surface area contributed by atoms with Crippen molar-refractivity contribution in [2.24, 2.45) is 0 Å². The van der Waals surface area contributed by atoms with Crippen molar-refractivity contribution in [3.63, 3.8) is 0 Å². The number of tetrazole rings is 1. The van der Waals surface area contributed by atoms with E-state index < -0.39 is 0 Å². The Labute approximate surface area is 200 Å². The predicted octanol–water partition coefficient (Wildman–Crippen LogP) is 7.48. The number of carbonyl (C=O) groups excluding carboxylic acids is 1. The summed E-state index contributed by atoms with van der Waals surface area (Å²) in [6.07, 6.45) is 12.8. The first kappa shape index (κ1) is 26.8. The molecule has 0 aliphatic heterocycles. The van der Waals surface area contributed by atoms with Crippen molar-refractivity contribution in [2.45, 2.75) is 117 Å². The lowest BCUT2D eigenvalue weighted by Crippen LogP contribution is -2.24. The van der Waals surface area contributed by atoms with Crippen LogP contribution in [0.5, 0.6) is 0 Å². The van der Waals surface area contributed by atoms with Crippen molar-refractivity contribution >= 4 is 17.7 Å². The molecule has 0 bridgehead atoms. The molecule has 2 amide bonds. The molecule has 184 valence electrons. The molecule has 0 saturated carbocycles. The second kappa shape index (κ2) is 14.7. The smallest absolute Gasteiger partial charge is 0.307 e. The van der Waals surface area contributed by atoms with Crippen LogP contribution in [0.25, 0.3) is 0 Å². The van der Waals surface area contributed by atoms with E-state index in [2.05, 4.69) is 79.0 Å². The van der Waals surface area contributed by atoms with Gasteiger partial charge in [0.1, 0.15) is 0 Å². The minimum absolute atomic E-state index is 0.306. The first-order valence-electron chi connectivity index (χ1n) is 12.9. The van der Waals surface area contributed by atoms with Crippen LogP contribution in [-0.2, 0) is 6.54 Å². The Morgan fingerprint density at radius 3 is 1.94 bits per heavy atom. The van der Waals surface area contributed by atoms with Crippen LogP contribution in [-0.4, -0.2) is 26.2 Å². The third kappa shape index (κ3) is 9.14. The number of anilines is 2. The van der Waals surface area contributed by atoms with Crippen molar-refractivity contribution in [1.82, 2.24) is 20.2 Å². The standard InChI is InChI=1S/C26H44N6O/c1-6-7-8-9-10-11-12-13-14-15-19-32-25(29-30-31-32)28-26(33)27-24-22(20(2)3)17-16-18-23(24)21(4)5/h16-18,20-21H,6-15,19H2,1-5H3,(H2,27,28,29,31,33). The predicted molar refractivity (Wildman–Crippen MR) is 137 cm³/mol. The summed E-state index contributed by atoms with van der Waals surface area (Å²) in [7, 11) is 0. The second-order valence-electron chi connectivity index (χ2n) is 9.61. The summed E-state index contributed by atoms with van der Waals surface area (Å²) < 4.78 is 1.68. The molecule has 0 spiro atoms. The summed E-state index contributed by atoms with van der Waals surface area (Å²) in [5.41, 5.74) is 3.14. The molecule has 0 fully saturated rings. The van der Waals surface area contributed by atoms with E-state index in [0.717, 1.165) is 29.7 Å². The summed E-state index contributed by atoms with van der Waals surface area (Å²) in [6.45, 7) is 11.5. The number of para-hydroxylation sites is 1. The Morgan fingerprint density at radius 2 is 1.39 bits per heavy atom. The highest BCUT2D eigenvalue weighted by molar-refractivity contribution is 5.99. The molecule has 0 unspecified atom stereocenters. The van der Waals surface area contributed by atoms with Gasteiger partial charge >= 0.3 is 6.03 Å². The third-order valence-corrected chi connectivity index (χ3v) is 6.09. The van der Waals surface area contributed by atoms with Crippen molar-refractivity contribution in [1.29, 1.82) is 0 Å². The van der Waals surface area contributed by atoms with Gasteiger partial charge in [0.25, 0.3) is 5.95 Å². The number of aryl methyl sites for hydroxylation is 1. The van der Waals surface area contributed by atoms with E-state index in [1.807, 2.05) is 0 Å². The average molecular weight is 457 g/mol. The molecule has 1 heterocycles. The maximum absolute atomic E-state index is 12.8. The molecule has 33 heavy (non-hydrogen) atoms. The van der Waals surface area contributed by atoms with Crippen molar-refractivity contribution < 1.29 is 4.79 Å². The molecule has 0 aliphatic carbocycles. The maximum Gasteiger partial charge on any atom is 0.326 e. The number of carbonyl (C=O) groups is 1. The summed E-state index contributed by atoms with van der Waals surface area (Å²) >= 11 is 0. The molecular weight excluding hydrogens is 412 g/mol. The highest BCUT2D eigenvalue weighted by Gasteiger charge is 2.17. The molecule has 0 saturated heterocycles. The van der Waals surface area contributed by atoms with Gasteiger partial charge in [-0.15, -0.1) is 0 Å². The van der Waals surface area contributed by atoms with E-state index in [-0.39, 0.29) is 6.03 Å². The van der Waals surface area contributed by atoms with Crippen LogP contribution >= 0.6 is 0 Å². The molecule has 0 atom stereocenters. The molecule has 0 aliphatic rings. The summed E-state index contributed by atoms with van der Waals surface area (Å²) in [5.74, 6) is 0.998. The Bertz CT molecular complexity index is 804. The fraction of sp³-hybridized carbons (Fsp3) is 0.692. The third-order valence-electron chi connectivity index (χ3n) is 6.09. The molecular formula is C26H44N6O. The highest BCUT2D eigenvalue weighted by atomic mass is 16.2. The zero-order chi connectivity index (χ0) is 24.1. The van der Waals surface area contributed by atoms with Gasteiger partial charge in [-0.1, -0.05) is 116 Å². The topological polar surface area (TPSA) is 84.7 Å². The van der Waals surface area contributed by atoms with Gasteiger partial charge in [0.05, 0.1) is 0 Å². The van der Waals surface area contributed by atoms with Crippen LogP contribution in [0.4, 0.5) is 16.4 Å². The van der Waals surface area contributed by atoms with E-state index in [1.54, 1.807) is 4.68 Å². The maximum atomic E-state index is 12.8. The Morgan fingerprint density at radius 1 is 0.848 bits per heavy atom. The molecule has 1 aromatic heterocycles. The SMILES string of the molecule is CCCCCCCCCCCCn1nnnc1NC(=O)Nc1c(C(C)C)cccc1C(C)C. The first-order chi connectivity index (χ1) is 15.9. The average Bonchev–Trinajstić information content (AvgIpc) is 3.21. The van der Waals surface area contributed by atoms with Gasteiger partial charge in [-0.2, -0.15) is 0 Å². The van der Waals surface area contributed by atoms with Crippen LogP contribution in [0.2, 0.25) is 0 Å². The molecule has 2 N–H and O–H groups in total. The van der Waals surface area contributed by atoms with Crippen LogP contribution < -0.4 is 10.6 Å². The van der Waals surface area contributed by atoms with Gasteiger partial charge in [-0.25, -0.2) is 9.48 Å². The van der Waals surface area contributed by atoms with Crippen molar-refractivity contribution in [3.05, 3.63) is 29.3 Å². The van der Waals surface area contributed by atoms with Gasteiger partial charge in [0.15, 0.2) is 0 Å². The quantitative estimate of drug-likeness (QED) is 0.272. The summed E-state index contributed by atoms with van der Waals surface area (Å²) in [5, 5.41) is 17.7. The molecule has 2 aromatic rings. The number of hydrogen-bond acceptors (Lipinski definition) is 4. The van der Waals surface area contributed by atoms with Crippen LogP contribution in [0.3, 0.4) is 0 Å². The molecule has 0 radical (unpaired) electrons. The Hall–Kier alpha value is -2.44. The first-order valence-corrected chi connectivity index (χ1v) is 12.9. The number of nitrogens with one attached hydrogen (secondary N) is 2. The lowest BCUT2D eigenvalue weighted by molar-refractivity contribution is 0.261. The summed E-state index contributed by atoms with van der Waals surface area (Å²) in [4.78, 5) is 12.8. The lowest BCUT2D eigenvalue weighted by Gasteiger charge is -2.20. The molecule has 7 nitrogen and oxygen atoms in total. The van der Waals surface area contributed by atoms with Crippen LogP contribution in [0.15, 0.2) is 18.2 Å². The summed E-state index contributed by atoms with van der Waals surface area (Å²) in [6, 6.07) is 5.88. The van der Waals surface area contributed by atoms with Crippen molar-refractivity contribution in [2.75, 3.05) is 10.6 Å². The van der Waals surface area contributed by atoms with E-state index in [0.29, 0.717) is 24.3 Å². The number of aromatic nitrogens is 4. The minimum atomic E-state index is -0.316. The fourth-order valence-electron chi connectivity index (χ4n) is 4.14. The lowest BCUT2D eigenvalue weighted by atomic mass is 9.93. The number of nitrogens with zero attached hydrogens (tertiary/aromatic N) is 4. The molecule has 7 heteroatoms. The van der Waals surface area contributed by atoms with Gasteiger partial charge in [-0.3, -0.25) is 5.32 Å². The molecule has 1 aromatic carbocycles. The zero-order valence-corrected chi connectivity index (χ0v) is 21.4. The Kier molecular flexibility index (Phi) is 11.9. The van der Waals surface area contributed by atoms with E-state index in [9.17, 15) is 4.79 Å². The number of amides is 2. The number of rotatable bonds is 15. The fourth-order valence-corrected chi connectivity index (χ4v) is 4.14. The number of unbranched alkanes of at least 4 members (excludes halogenated alkanes) is 9. The van der Waals surface area contributed by atoms with Crippen LogP contribution in [0, 0.1) is 0 Å². The number of hydrogen-bond donors (Lipinski definition) is 2. The van der Waals surface area contributed by atoms with Crippen molar-refractivity contribution in [3.8, 4) is 0 Å². The number of urea groups is 1. The van der Waals surface area contributed by atoms with Gasteiger partial charge in [0.2, 0.25) is 0 Å². The van der Waals surface area contributed by atoms with E-state index >= 15 is 0 Å². The Balaban J connectivity index is 1.81. The highest BCUT2D eigenvalue weighted by Crippen LogP contribution is 2.32. The largest absolute Gasteiger partial charge is 0.326 e. The monoisotopic (exact) mass is 456 g/mol. The minimum Gasteiger partial charge on any atom is -0.307 e. The van der Waals surface area contributed by atoms with E-state index in [1.165, 1.54) is 51.4 Å². The zero-order valence-electron chi connectivity index (χ0n) is 21.4. The number of benzene rings is 1. The van der Waals surface area contributed by atoms with Crippen LogP contribution in [0.1, 0.15) is 122 Å². The van der Waals surface area contributed by atoms with Gasteiger partial charge in [0, 0.05) is 12.2 Å². The normalized spacial score (nSPS) is 11.4. The molecule has 2 rings (SSSR count). The van der Waals surface area contributed by atoms with Gasteiger partial charge < -0.3 is 5.32 Å².